The number of imide groups is 1. The molecule has 6 nitrogen and oxygen atoms in total. The third-order valence-electron chi connectivity index (χ3n) is 5.04. The van der Waals surface area contributed by atoms with Crippen molar-refractivity contribution < 1.29 is 19.1 Å². The lowest BCUT2D eigenvalue weighted by atomic mass is 10.1. The lowest BCUT2D eigenvalue weighted by Gasteiger charge is -2.15. The van der Waals surface area contributed by atoms with Crippen LogP contribution < -0.4 is 15.0 Å². The highest BCUT2D eigenvalue weighted by Gasteiger charge is 2.38. The highest BCUT2D eigenvalue weighted by atomic mass is 35.5. The number of aryl methyl sites for hydroxylation is 2. The van der Waals surface area contributed by atoms with Crippen molar-refractivity contribution in [2.75, 3.05) is 10.2 Å². The van der Waals surface area contributed by atoms with Crippen molar-refractivity contribution in [2.45, 2.75) is 13.8 Å². The van der Waals surface area contributed by atoms with Crippen molar-refractivity contribution in [3.8, 4) is 5.75 Å². The van der Waals surface area contributed by atoms with E-state index in [0.717, 1.165) is 16.0 Å². The summed E-state index contributed by atoms with van der Waals surface area (Å²) in [6.45, 7) is 3.75. The monoisotopic (exact) mass is 446 g/mol. The van der Waals surface area contributed by atoms with Gasteiger partial charge >= 0.3 is 5.97 Å². The van der Waals surface area contributed by atoms with E-state index in [-0.39, 0.29) is 10.7 Å². The Bertz CT molecular complexity index is 1230. The Morgan fingerprint density at radius 2 is 1.47 bits per heavy atom. The van der Waals surface area contributed by atoms with Gasteiger partial charge in [-0.15, -0.1) is 0 Å². The average molecular weight is 447 g/mol. The third-order valence-corrected chi connectivity index (χ3v) is 5.39. The first kappa shape index (κ1) is 21.3. The molecule has 0 atom stereocenters. The zero-order valence-corrected chi connectivity index (χ0v) is 18.1. The Morgan fingerprint density at radius 1 is 0.844 bits per heavy atom. The molecule has 0 radical (unpaired) electrons. The van der Waals surface area contributed by atoms with Gasteiger partial charge in [0.1, 0.15) is 16.5 Å². The molecule has 0 unspecified atom stereocenters. The topological polar surface area (TPSA) is 75.7 Å². The summed E-state index contributed by atoms with van der Waals surface area (Å²) in [7, 11) is 0. The van der Waals surface area contributed by atoms with E-state index >= 15 is 0 Å². The van der Waals surface area contributed by atoms with Gasteiger partial charge in [-0.1, -0.05) is 48.0 Å². The van der Waals surface area contributed by atoms with E-state index in [9.17, 15) is 14.4 Å². The van der Waals surface area contributed by atoms with Crippen molar-refractivity contribution in [3.63, 3.8) is 0 Å². The van der Waals surface area contributed by atoms with Crippen LogP contribution in [0.2, 0.25) is 0 Å². The molecule has 0 bridgehead atoms. The van der Waals surface area contributed by atoms with Gasteiger partial charge in [0.2, 0.25) is 0 Å². The first-order valence-electron chi connectivity index (χ1n) is 9.86. The van der Waals surface area contributed by atoms with Gasteiger partial charge in [0.25, 0.3) is 11.8 Å². The van der Waals surface area contributed by atoms with Crippen LogP contribution in [-0.2, 0) is 9.59 Å². The van der Waals surface area contributed by atoms with Crippen molar-refractivity contribution in [1.82, 2.24) is 0 Å². The number of esters is 1. The fourth-order valence-electron chi connectivity index (χ4n) is 3.37. The van der Waals surface area contributed by atoms with Gasteiger partial charge in [-0.3, -0.25) is 9.59 Å². The minimum atomic E-state index is -0.598. The Balaban J connectivity index is 1.50. The lowest BCUT2D eigenvalue weighted by Crippen LogP contribution is -2.32. The largest absolute Gasteiger partial charge is 0.422 e. The maximum atomic E-state index is 12.8. The molecule has 3 aromatic carbocycles. The van der Waals surface area contributed by atoms with Crippen LogP contribution in [0.15, 0.2) is 83.5 Å². The molecule has 1 aliphatic rings. The molecule has 0 fully saturated rings. The molecule has 32 heavy (non-hydrogen) atoms. The van der Waals surface area contributed by atoms with Gasteiger partial charge in [0.05, 0.1) is 11.3 Å². The SMILES string of the molecule is Cc1cccc(C)c1OC(=O)c1ccc(NC2=C(Cl)C(=O)N(c3ccccc3)C2=O)cc1. The molecular formula is C25H19ClN2O4. The van der Waals surface area contributed by atoms with Gasteiger partial charge in [0, 0.05) is 5.69 Å². The number of amides is 2. The zero-order chi connectivity index (χ0) is 22.8. The van der Waals surface area contributed by atoms with Gasteiger partial charge < -0.3 is 10.1 Å². The van der Waals surface area contributed by atoms with Crippen LogP contribution in [-0.4, -0.2) is 17.8 Å². The number of ether oxygens (including phenoxy) is 1. The molecule has 0 saturated heterocycles. The quantitative estimate of drug-likeness (QED) is 0.340. The summed E-state index contributed by atoms with van der Waals surface area (Å²) in [5.41, 5.74) is 2.99. The second-order valence-corrected chi connectivity index (χ2v) is 7.66. The van der Waals surface area contributed by atoms with Crippen LogP contribution >= 0.6 is 11.6 Å². The minimum Gasteiger partial charge on any atom is -0.422 e. The summed E-state index contributed by atoms with van der Waals surface area (Å²) in [6.07, 6.45) is 0. The van der Waals surface area contributed by atoms with Crippen LogP contribution in [0.25, 0.3) is 0 Å². The molecule has 1 aliphatic heterocycles. The smallest absolute Gasteiger partial charge is 0.343 e. The Morgan fingerprint density at radius 3 is 2.09 bits per heavy atom. The zero-order valence-electron chi connectivity index (χ0n) is 17.4. The number of hydrogen-bond donors (Lipinski definition) is 1. The molecule has 1 heterocycles. The van der Waals surface area contributed by atoms with Crippen LogP contribution in [0.5, 0.6) is 5.75 Å². The number of nitrogens with zero attached hydrogens (tertiary/aromatic N) is 1. The number of rotatable bonds is 5. The van der Waals surface area contributed by atoms with Crippen LogP contribution in [0.3, 0.4) is 0 Å². The van der Waals surface area contributed by atoms with Crippen LogP contribution in [0, 0.1) is 13.8 Å². The Labute approximate surface area is 190 Å². The van der Waals surface area contributed by atoms with Crippen molar-refractivity contribution in [3.05, 3.63) is 100 Å². The first-order chi connectivity index (χ1) is 15.4. The van der Waals surface area contributed by atoms with E-state index in [1.165, 1.54) is 0 Å². The number of hydrogen-bond acceptors (Lipinski definition) is 5. The number of carbonyl (C=O) groups excluding carboxylic acids is 3. The highest BCUT2D eigenvalue weighted by molar-refractivity contribution is 6.53. The van der Waals surface area contributed by atoms with Crippen LogP contribution in [0.1, 0.15) is 21.5 Å². The normalized spacial score (nSPS) is 13.5. The molecule has 4 rings (SSSR count). The number of benzene rings is 3. The van der Waals surface area contributed by atoms with Gasteiger partial charge in [-0.2, -0.15) is 0 Å². The molecule has 0 saturated carbocycles. The number of para-hydroxylation sites is 2. The fourth-order valence-corrected chi connectivity index (χ4v) is 3.58. The standard InChI is InChI=1S/C25H19ClN2O4/c1-15-7-6-8-16(2)22(15)32-25(31)17-11-13-18(14-12-17)27-21-20(26)23(29)28(24(21)30)19-9-4-3-5-10-19/h3-14,27H,1-2H3. The maximum Gasteiger partial charge on any atom is 0.343 e. The summed E-state index contributed by atoms with van der Waals surface area (Å²) in [6, 6.07) is 20.6. The maximum absolute atomic E-state index is 12.8. The second-order valence-electron chi connectivity index (χ2n) is 7.28. The Hall–Kier alpha value is -3.90. The van der Waals surface area contributed by atoms with Gasteiger partial charge in [0.15, 0.2) is 0 Å². The first-order valence-corrected chi connectivity index (χ1v) is 10.2. The third kappa shape index (κ3) is 4.00. The summed E-state index contributed by atoms with van der Waals surface area (Å²) >= 11 is 6.15. The number of carbonyl (C=O) groups is 3. The highest BCUT2D eigenvalue weighted by Crippen LogP contribution is 2.30. The molecule has 0 aromatic heterocycles. The van der Waals surface area contributed by atoms with Gasteiger partial charge in [-0.05, 0) is 61.4 Å². The van der Waals surface area contributed by atoms with E-state index in [4.69, 9.17) is 16.3 Å². The van der Waals surface area contributed by atoms with E-state index in [0.29, 0.717) is 22.7 Å². The predicted octanol–water partition coefficient (Wildman–Crippen LogP) is 4.96. The number of nitrogens with one attached hydrogen (secondary N) is 1. The predicted molar refractivity (Wildman–Crippen MR) is 123 cm³/mol. The molecule has 160 valence electrons. The summed E-state index contributed by atoms with van der Waals surface area (Å²) < 4.78 is 5.55. The molecule has 3 aromatic rings. The second kappa shape index (κ2) is 8.69. The van der Waals surface area contributed by atoms with E-state index in [2.05, 4.69) is 5.32 Å². The summed E-state index contributed by atoms with van der Waals surface area (Å²) in [5, 5.41) is 2.69. The molecule has 2 amide bonds. The fraction of sp³-hybridized carbons (Fsp3) is 0.0800. The number of halogens is 1. The summed E-state index contributed by atoms with van der Waals surface area (Å²) in [5.74, 6) is -1.11. The lowest BCUT2D eigenvalue weighted by molar-refractivity contribution is -0.120. The van der Waals surface area contributed by atoms with E-state index in [1.54, 1.807) is 54.6 Å². The summed E-state index contributed by atoms with van der Waals surface area (Å²) in [4.78, 5) is 38.9. The van der Waals surface area contributed by atoms with E-state index < -0.39 is 17.8 Å². The van der Waals surface area contributed by atoms with Crippen molar-refractivity contribution in [1.29, 1.82) is 0 Å². The number of anilines is 2. The molecule has 0 spiro atoms. The van der Waals surface area contributed by atoms with Crippen molar-refractivity contribution in [2.24, 2.45) is 0 Å². The van der Waals surface area contributed by atoms with E-state index in [1.807, 2.05) is 32.0 Å². The minimum absolute atomic E-state index is 0.0219. The Kier molecular flexibility index (Phi) is 5.79. The average Bonchev–Trinajstić information content (AvgIpc) is 3.00. The molecule has 7 heteroatoms. The van der Waals surface area contributed by atoms with Crippen molar-refractivity contribution >= 4 is 40.8 Å². The van der Waals surface area contributed by atoms with Crippen LogP contribution in [0.4, 0.5) is 11.4 Å². The molecule has 0 aliphatic carbocycles. The molecular weight excluding hydrogens is 428 g/mol. The molecule has 1 N–H and O–H groups in total. The van der Waals surface area contributed by atoms with Gasteiger partial charge in [-0.25, -0.2) is 9.69 Å².